The zero-order valence-corrected chi connectivity index (χ0v) is 13.9. The van der Waals surface area contributed by atoms with E-state index in [-0.39, 0.29) is 16.3 Å². The number of nitrogens with two attached hydrogens (primary N) is 1. The molecule has 0 radical (unpaired) electrons. The number of benzene rings is 1. The molecule has 0 spiro atoms. The van der Waals surface area contributed by atoms with Gasteiger partial charge in [-0.3, -0.25) is 0 Å². The van der Waals surface area contributed by atoms with Crippen molar-refractivity contribution in [3.05, 3.63) is 17.7 Å². The van der Waals surface area contributed by atoms with Gasteiger partial charge in [-0.05, 0) is 24.2 Å². The van der Waals surface area contributed by atoms with Crippen LogP contribution in [0.15, 0.2) is 12.1 Å². The number of aromatic carboxylic acids is 1. The number of hydrogen-bond acceptors (Lipinski definition) is 4. The van der Waals surface area contributed by atoms with E-state index in [9.17, 15) is 4.79 Å². The second-order valence-electron chi connectivity index (χ2n) is 6.26. The Morgan fingerprint density at radius 2 is 1.80 bits per heavy atom. The highest BCUT2D eigenvalue weighted by atomic mass is 28.4. The Bertz CT molecular complexity index is 521. The van der Waals surface area contributed by atoms with Crippen LogP contribution in [0.25, 0.3) is 0 Å². The maximum Gasteiger partial charge on any atom is 0.337 e. The molecule has 20 heavy (non-hydrogen) atoms. The third kappa shape index (κ3) is 3.25. The minimum atomic E-state index is -2.08. The minimum absolute atomic E-state index is 0.00276. The Morgan fingerprint density at radius 3 is 2.20 bits per heavy atom. The van der Waals surface area contributed by atoms with E-state index in [1.54, 1.807) is 0 Å². The molecule has 5 nitrogen and oxygen atoms in total. The lowest BCUT2D eigenvalue weighted by molar-refractivity contribution is 0.0697. The number of anilines is 1. The van der Waals surface area contributed by atoms with E-state index in [0.29, 0.717) is 11.5 Å². The Hall–Kier alpha value is -1.69. The van der Waals surface area contributed by atoms with Crippen LogP contribution < -0.4 is 14.9 Å². The highest BCUT2D eigenvalue weighted by Gasteiger charge is 2.39. The van der Waals surface area contributed by atoms with Gasteiger partial charge in [-0.15, -0.1) is 0 Å². The number of methoxy groups -OCH3 is 1. The van der Waals surface area contributed by atoms with Gasteiger partial charge in [-0.2, -0.15) is 0 Å². The van der Waals surface area contributed by atoms with Crippen molar-refractivity contribution >= 4 is 20.0 Å². The van der Waals surface area contributed by atoms with Crippen LogP contribution in [-0.2, 0) is 0 Å². The highest BCUT2D eigenvalue weighted by molar-refractivity contribution is 6.74. The normalized spacial score (nSPS) is 12.1. The fourth-order valence-corrected chi connectivity index (χ4v) is 2.44. The van der Waals surface area contributed by atoms with Crippen LogP contribution >= 0.6 is 0 Å². The largest absolute Gasteiger partial charge is 0.541 e. The summed E-state index contributed by atoms with van der Waals surface area (Å²) in [6.07, 6.45) is 0. The molecule has 1 aromatic carbocycles. The molecule has 3 N–H and O–H groups in total. The van der Waals surface area contributed by atoms with Crippen molar-refractivity contribution in [2.75, 3.05) is 12.8 Å². The molecule has 0 atom stereocenters. The molecule has 0 aliphatic carbocycles. The second-order valence-corrected chi connectivity index (χ2v) is 11.0. The first-order valence-electron chi connectivity index (χ1n) is 6.39. The average Bonchev–Trinajstić information content (AvgIpc) is 2.28. The van der Waals surface area contributed by atoms with Crippen LogP contribution in [0.2, 0.25) is 18.1 Å². The van der Waals surface area contributed by atoms with Gasteiger partial charge in [0.2, 0.25) is 0 Å². The fourth-order valence-electron chi connectivity index (χ4n) is 1.43. The zero-order chi connectivity index (χ0) is 15.7. The van der Waals surface area contributed by atoms with Crippen LogP contribution in [0.3, 0.4) is 0 Å². The highest BCUT2D eigenvalue weighted by Crippen LogP contribution is 2.41. The molecule has 0 fully saturated rings. The summed E-state index contributed by atoms with van der Waals surface area (Å²) in [6.45, 7) is 10.5. The summed E-state index contributed by atoms with van der Waals surface area (Å²) in [6, 6.07) is 2.93. The molecular weight excluding hydrogens is 274 g/mol. The number of rotatable bonds is 4. The van der Waals surface area contributed by atoms with E-state index >= 15 is 0 Å². The Balaban J connectivity index is 3.30. The predicted molar refractivity (Wildman–Crippen MR) is 82.2 cm³/mol. The molecule has 0 saturated carbocycles. The molecule has 0 saturated heterocycles. The van der Waals surface area contributed by atoms with Crippen LogP contribution in [0, 0.1) is 0 Å². The van der Waals surface area contributed by atoms with Crippen LogP contribution in [0.1, 0.15) is 31.1 Å². The summed E-state index contributed by atoms with van der Waals surface area (Å²) in [5, 5.41) is 9.15. The van der Waals surface area contributed by atoms with Gasteiger partial charge in [-0.1, -0.05) is 20.8 Å². The Morgan fingerprint density at radius 1 is 1.25 bits per heavy atom. The summed E-state index contributed by atoms with van der Waals surface area (Å²) in [5.41, 5.74) is 5.90. The van der Waals surface area contributed by atoms with Gasteiger partial charge < -0.3 is 20.0 Å². The molecule has 0 aliphatic heterocycles. The van der Waals surface area contributed by atoms with Crippen molar-refractivity contribution in [1.29, 1.82) is 0 Å². The van der Waals surface area contributed by atoms with E-state index in [2.05, 4.69) is 33.9 Å². The van der Waals surface area contributed by atoms with E-state index in [1.807, 2.05) is 0 Å². The fraction of sp³-hybridized carbons (Fsp3) is 0.500. The summed E-state index contributed by atoms with van der Waals surface area (Å²) in [4.78, 5) is 11.2. The monoisotopic (exact) mass is 297 g/mol. The molecule has 1 aromatic rings. The van der Waals surface area contributed by atoms with Crippen molar-refractivity contribution in [1.82, 2.24) is 0 Å². The predicted octanol–water partition coefficient (Wildman–Crippen LogP) is 3.36. The van der Waals surface area contributed by atoms with E-state index in [4.69, 9.17) is 20.0 Å². The first-order chi connectivity index (χ1) is 8.99. The number of carbonyl (C=O) groups is 1. The minimum Gasteiger partial charge on any atom is -0.541 e. The third-order valence-electron chi connectivity index (χ3n) is 3.74. The van der Waals surface area contributed by atoms with Gasteiger partial charge in [0.1, 0.15) is 5.75 Å². The molecule has 0 heterocycles. The van der Waals surface area contributed by atoms with Crippen molar-refractivity contribution in [3.8, 4) is 11.5 Å². The summed E-state index contributed by atoms with van der Waals surface area (Å²) < 4.78 is 11.4. The van der Waals surface area contributed by atoms with Crippen molar-refractivity contribution in [2.45, 2.75) is 38.9 Å². The van der Waals surface area contributed by atoms with E-state index < -0.39 is 14.3 Å². The number of ether oxygens (including phenoxy) is 1. The lowest BCUT2D eigenvalue weighted by Crippen LogP contribution is -2.44. The molecule has 0 aromatic heterocycles. The van der Waals surface area contributed by atoms with Crippen molar-refractivity contribution in [2.24, 2.45) is 0 Å². The van der Waals surface area contributed by atoms with E-state index in [1.165, 1.54) is 19.2 Å². The topological polar surface area (TPSA) is 81.8 Å². The van der Waals surface area contributed by atoms with Gasteiger partial charge >= 0.3 is 5.97 Å². The lowest BCUT2D eigenvalue weighted by atomic mass is 10.1. The van der Waals surface area contributed by atoms with Crippen molar-refractivity contribution in [3.63, 3.8) is 0 Å². The number of carboxylic acid groups (broad SMARTS) is 1. The summed E-state index contributed by atoms with van der Waals surface area (Å²) >= 11 is 0. The number of carboxylic acids is 1. The molecule has 0 amide bonds. The first-order valence-corrected chi connectivity index (χ1v) is 9.30. The molecule has 0 aliphatic rings. The average molecular weight is 297 g/mol. The van der Waals surface area contributed by atoms with Gasteiger partial charge in [0, 0.05) is 6.07 Å². The molecule has 1 rings (SSSR count). The third-order valence-corrected chi connectivity index (χ3v) is 8.08. The molecular formula is C14H23NO4Si. The Labute approximate surface area is 120 Å². The van der Waals surface area contributed by atoms with Gasteiger partial charge in [0.05, 0.1) is 18.4 Å². The zero-order valence-electron chi connectivity index (χ0n) is 12.9. The van der Waals surface area contributed by atoms with Gasteiger partial charge in [0.25, 0.3) is 8.32 Å². The van der Waals surface area contributed by atoms with Gasteiger partial charge in [0.15, 0.2) is 5.75 Å². The first kappa shape index (κ1) is 16.4. The molecule has 112 valence electrons. The van der Waals surface area contributed by atoms with Crippen LogP contribution in [-0.4, -0.2) is 26.5 Å². The lowest BCUT2D eigenvalue weighted by Gasteiger charge is -2.36. The quantitative estimate of drug-likeness (QED) is 0.658. The van der Waals surface area contributed by atoms with E-state index in [0.717, 1.165) is 0 Å². The second kappa shape index (κ2) is 5.36. The maximum absolute atomic E-state index is 11.2. The van der Waals surface area contributed by atoms with Gasteiger partial charge in [-0.25, -0.2) is 4.79 Å². The van der Waals surface area contributed by atoms with Crippen LogP contribution in [0.5, 0.6) is 11.5 Å². The summed E-state index contributed by atoms with van der Waals surface area (Å²) in [5.74, 6) is -0.187. The molecule has 0 unspecified atom stereocenters. The maximum atomic E-state index is 11.2. The molecule has 0 bridgehead atoms. The standard InChI is InChI=1S/C14H23NO4Si/c1-14(2,3)20(5,6)19-12-7-9(13(16)17)10(15)8-11(12)18-4/h7-8H,15H2,1-6H3,(H,16,17). The summed E-state index contributed by atoms with van der Waals surface area (Å²) in [7, 11) is -0.575. The smallest absolute Gasteiger partial charge is 0.337 e. The number of nitrogen functional groups attached to an aromatic ring is 1. The molecule has 6 heteroatoms. The van der Waals surface area contributed by atoms with Crippen molar-refractivity contribution < 1.29 is 19.1 Å². The Kier molecular flexibility index (Phi) is 4.38. The van der Waals surface area contributed by atoms with Crippen LogP contribution in [0.4, 0.5) is 5.69 Å². The SMILES string of the molecule is COc1cc(N)c(C(=O)O)cc1O[Si](C)(C)C(C)(C)C. The number of hydrogen-bond donors (Lipinski definition) is 2.